The zero-order chi connectivity index (χ0) is 15.8. The van der Waals surface area contributed by atoms with Crippen LogP contribution in [0.1, 0.15) is 27.2 Å². The van der Waals surface area contributed by atoms with Crippen molar-refractivity contribution in [3.05, 3.63) is 24.3 Å². The predicted octanol–water partition coefficient (Wildman–Crippen LogP) is 1.52. The lowest BCUT2D eigenvalue weighted by Crippen LogP contribution is -2.37. The van der Waals surface area contributed by atoms with Gasteiger partial charge >= 0.3 is 0 Å². The molecule has 3 amide bonds. The minimum Gasteiger partial charge on any atom is -0.354 e. The first-order chi connectivity index (χ1) is 9.93. The minimum atomic E-state index is -0.170. The van der Waals surface area contributed by atoms with E-state index in [9.17, 15) is 14.4 Å². The van der Waals surface area contributed by atoms with E-state index in [4.69, 9.17) is 0 Å². The molecule has 0 aliphatic carbocycles. The zero-order valence-electron chi connectivity index (χ0n) is 12.6. The predicted molar refractivity (Wildman–Crippen MR) is 82.1 cm³/mol. The van der Waals surface area contributed by atoms with Gasteiger partial charge in [0, 0.05) is 44.7 Å². The Hall–Kier alpha value is -2.37. The van der Waals surface area contributed by atoms with Gasteiger partial charge in [0.05, 0.1) is 0 Å². The minimum absolute atomic E-state index is 0.0505. The smallest absolute Gasteiger partial charge is 0.223 e. The molecule has 0 aliphatic rings. The molecule has 114 valence electrons. The fourth-order valence-corrected chi connectivity index (χ4v) is 1.86. The van der Waals surface area contributed by atoms with E-state index in [0.717, 1.165) is 0 Å². The largest absolute Gasteiger partial charge is 0.354 e. The molecule has 0 heterocycles. The zero-order valence-corrected chi connectivity index (χ0v) is 12.6. The third-order valence-electron chi connectivity index (χ3n) is 2.84. The second kappa shape index (κ2) is 8.04. The number of carbonyl (C=O) groups is 3. The molecule has 0 saturated carbocycles. The number of nitrogens with zero attached hydrogens (tertiary/aromatic N) is 1. The lowest BCUT2D eigenvalue weighted by atomic mass is 10.2. The van der Waals surface area contributed by atoms with E-state index in [-0.39, 0.29) is 17.7 Å². The third kappa shape index (κ3) is 5.64. The molecule has 0 saturated heterocycles. The van der Waals surface area contributed by atoms with Crippen molar-refractivity contribution in [1.29, 1.82) is 0 Å². The van der Waals surface area contributed by atoms with Crippen LogP contribution >= 0.6 is 0 Å². The summed E-state index contributed by atoms with van der Waals surface area (Å²) >= 11 is 0. The number of amides is 3. The van der Waals surface area contributed by atoms with Gasteiger partial charge in [0.15, 0.2) is 0 Å². The van der Waals surface area contributed by atoms with Crippen molar-refractivity contribution in [2.24, 2.45) is 0 Å². The Morgan fingerprint density at radius 2 is 1.90 bits per heavy atom. The van der Waals surface area contributed by atoms with Crippen molar-refractivity contribution in [3.63, 3.8) is 0 Å². The average Bonchev–Trinajstić information content (AvgIpc) is 2.42. The summed E-state index contributed by atoms with van der Waals surface area (Å²) in [6.07, 6.45) is 0.415. The molecule has 0 unspecified atom stereocenters. The Morgan fingerprint density at radius 3 is 2.48 bits per heavy atom. The molecule has 0 radical (unpaired) electrons. The van der Waals surface area contributed by atoms with Crippen LogP contribution < -0.4 is 15.5 Å². The van der Waals surface area contributed by atoms with Gasteiger partial charge in [0.1, 0.15) is 0 Å². The average molecular weight is 291 g/mol. The van der Waals surface area contributed by atoms with Crippen LogP contribution in [0.5, 0.6) is 0 Å². The second-order valence-corrected chi connectivity index (χ2v) is 4.61. The van der Waals surface area contributed by atoms with Gasteiger partial charge in [0.2, 0.25) is 17.7 Å². The van der Waals surface area contributed by atoms with Gasteiger partial charge in [-0.05, 0) is 18.2 Å². The van der Waals surface area contributed by atoms with Crippen molar-refractivity contribution in [2.75, 3.05) is 23.3 Å². The Labute approximate surface area is 124 Å². The van der Waals surface area contributed by atoms with E-state index in [0.29, 0.717) is 30.9 Å². The molecule has 1 rings (SSSR count). The van der Waals surface area contributed by atoms with Crippen LogP contribution in [0.15, 0.2) is 24.3 Å². The Kier molecular flexibility index (Phi) is 6.39. The molecule has 1 aromatic rings. The molecule has 1 aromatic carbocycles. The van der Waals surface area contributed by atoms with Crippen molar-refractivity contribution in [1.82, 2.24) is 5.32 Å². The summed E-state index contributed by atoms with van der Waals surface area (Å²) in [6, 6.07) is 7.03. The van der Waals surface area contributed by atoms with Crippen LogP contribution in [0.2, 0.25) is 0 Å². The van der Waals surface area contributed by atoms with Gasteiger partial charge in [-0.1, -0.05) is 13.0 Å². The SMILES string of the molecule is CCC(=O)NCCN(C(C)=O)c1cccc(NC(C)=O)c1. The monoisotopic (exact) mass is 291 g/mol. The maximum atomic E-state index is 11.7. The van der Waals surface area contributed by atoms with Crippen LogP contribution in [0, 0.1) is 0 Å². The molecule has 0 atom stereocenters. The Balaban J connectivity index is 2.78. The number of hydrogen-bond donors (Lipinski definition) is 2. The number of anilines is 2. The van der Waals surface area contributed by atoms with Gasteiger partial charge in [-0.15, -0.1) is 0 Å². The maximum Gasteiger partial charge on any atom is 0.223 e. The number of rotatable bonds is 6. The molecule has 0 fully saturated rings. The first-order valence-electron chi connectivity index (χ1n) is 6.86. The molecule has 6 heteroatoms. The van der Waals surface area contributed by atoms with Crippen LogP contribution in [0.3, 0.4) is 0 Å². The fourth-order valence-electron chi connectivity index (χ4n) is 1.86. The number of benzene rings is 1. The molecule has 0 bridgehead atoms. The molecule has 0 spiro atoms. The van der Waals surface area contributed by atoms with Gasteiger partial charge in [-0.2, -0.15) is 0 Å². The van der Waals surface area contributed by atoms with Crippen LogP contribution in [0.25, 0.3) is 0 Å². The van der Waals surface area contributed by atoms with Gasteiger partial charge in [-0.3, -0.25) is 14.4 Å². The Morgan fingerprint density at radius 1 is 1.19 bits per heavy atom. The summed E-state index contributed by atoms with van der Waals surface area (Å²) in [5, 5.41) is 5.41. The lowest BCUT2D eigenvalue weighted by Gasteiger charge is -2.22. The van der Waals surface area contributed by atoms with E-state index >= 15 is 0 Å². The first kappa shape index (κ1) is 16.7. The summed E-state index contributed by atoms with van der Waals surface area (Å²) in [7, 11) is 0. The molecule has 0 aliphatic heterocycles. The highest BCUT2D eigenvalue weighted by atomic mass is 16.2. The van der Waals surface area contributed by atoms with Crippen molar-refractivity contribution in [2.45, 2.75) is 27.2 Å². The lowest BCUT2D eigenvalue weighted by molar-refractivity contribution is -0.121. The molecule has 2 N–H and O–H groups in total. The van der Waals surface area contributed by atoms with Gasteiger partial charge in [-0.25, -0.2) is 0 Å². The summed E-state index contributed by atoms with van der Waals surface area (Å²) < 4.78 is 0. The van der Waals surface area contributed by atoms with E-state index in [1.807, 2.05) is 0 Å². The fraction of sp³-hybridized carbons (Fsp3) is 0.400. The van der Waals surface area contributed by atoms with Crippen molar-refractivity contribution < 1.29 is 14.4 Å². The van der Waals surface area contributed by atoms with Crippen molar-refractivity contribution in [3.8, 4) is 0 Å². The third-order valence-corrected chi connectivity index (χ3v) is 2.84. The molecule has 0 aromatic heterocycles. The van der Waals surface area contributed by atoms with Crippen LogP contribution in [-0.2, 0) is 14.4 Å². The van der Waals surface area contributed by atoms with E-state index < -0.39 is 0 Å². The standard InChI is InChI=1S/C15H21N3O3/c1-4-15(21)16-8-9-18(12(3)20)14-7-5-6-13(10-14)17-11(2)19/h5-7,10H,4,8-9H2,1-3H3,(H,16,21)(H,17,19). The summed E-state index contributed by atoms with van der Waals surface area (Å²) in [4.78, 5) is 35.6. The second-order valence-electron chi connectivity index (χ2n) is 4.61. The summed E-state index contributed by atoms with van der Waals surface area (Å²) in [6.45, 7) is 5.43. The quantitative estimate of drug-likeness (QED) is 0.834. The highest BCUT2D eigenvalue weighted by molar-refractivity contribution is 5.94. The number of carbonyl (C=O) groups excluding carboxylic acids is 3. The number of nitrogens with one attached hydrogen (secondary N) is 2. The molecule has 21 heavy (non-hydrogen) atoms. The highest BCUT2D eigenvalue weighted by Crippen LogP contribution is 2.19. The summed E-state index contributed by atoms with van der Waals surface area (Å²) in [5.41, 5.74) is 1.31. The first-order valence-corrected chi connectivity index (χ1v) is 6.86. The molecule has 6 nitrogen and oxygen atoms in total. The van der Waals surface area contributed by atoms with Gasteiger partial charge in [0.25, 0.3) is 0 Å². The topological polar surface area (TPSA) is 78.5 Å². The van der Waals surface area contributed by atoms with E-state index in [2.05, 4.69) is 10.6 Å². The van der Waals surface area contributed by atoms with Crippen molar-refractivity contribution >= 4 is 29.1 Å². The molecular formula is C15H21N3O3. The van der Waals surface area contributed by atoms with E-state index in [1.165, 1.54) is 13.8 Å². The maximum absolute atomic E-state index is 11.7. The van der Waals surface area contributed by atoms with Gasteiger partial charge < -0.3 is 15.5 Å². The normalized spacial score (nSPS) is 9.86. The summed E-state index contributed by atoms with van der Waals surface area (Å²) in [5.74, 6) is -0.344. The number of hydrogen-bond acceptors (Lipinski definition) is 3. The molecular weight excluding hydrogens is 270 g/mol. The van der Waals surface area contributed by atoms with Crippen LogP contribution in [0.4, 0.5) is 11.4 Å². The highest BCUT2D eigenvalue weighted by Gasteiger charge is 2.12. The van der Waals surface area contributed by atoms with Crippen LogP contribution in [-0.4, -0.2) is 30.8 Å². The van der Waals surface area contributed by atoms with E-state index in [1.54, 1.807) is 36.1 Å². The Bertz CT molecular complexity index is 529.